The lowest BCUT2D eigenvalue weighted by atomic mass is 10.1. The van der Waals surface area contributed by atoms with Crippen LogP contribution >= 0.6 is 0 Å². The molecule has 0 aliphatic heterocycles. The molecule has 0 saturated carbocycles. The molecule has 0 saturated heterocycles. The molecule has 3 aromatic rings. The van der Waals surface area contributed by atoms with Crippen LogP contribution in [0.5, 0.6) is 0 Å². The van der Waals surface area contributed by atoms with E-state index in [1.165, 1.54) is 0 Å². The predicted molar refractivity (Wildman–Crippen MR) is 116 cm³/mol. The zero-order chi connectivity index (χ0) is 21.3. The van der Waals surface area contributed by atoms with Crippen molar-refractivity contribution in [1.82, 2.24) is 9.29 Å². The van der Waals surface area contributed by atoms with Crippen molar-refractivity contribution < 1.29 is 13.2 Å². The molecule has 154 valence electrons. The smallest absolute Gasteiger partial charge is 0.248 e. The minimum absolute atomic E-state index is 0.272. The second-order valence-corrected chi connectivity index (χ2v) is 9.21. The van der Waals surface area contributed by atoms with Crippen LogP contribution in [-0.4, -0.2) is 24.9 Å². The molecule has 0 radical (unpaired) electrons. The van der Waals surface area contributed by atoms with Crippen LogP contribution in [0.1, 0.15) is 40.4 Å². The number of fused-ring (bicyclic) bond motifs is 1. The summed E-state index contributed by atoms with van der Waals surface area (Å²) in [4.78, 5) is 11.7. The van der Waals surface area contributed by atoms with E-state index in [9.17, 15) is 13.2 Å². The lowest BCUT2D eigenvalue weighted by Crippen LogP contribution is -2.38. The SMILES string of the molecule is CC[C@H](Cn1ccc2cc(C(N)=O)ccc21)NS(=O)(=O)c1c(C)cc(C)cc1C. The highest BCUT2D eigenvalue weighted by Gasteiger charge is 2.23. The van der Waals surface area contributed by atoms with E-state index in [1.807, 2.05) is 62.7 Å². The number of amides is 1. The van der Waals surface area contributed by atoms with Crippen molar-refractivity contribution in [3.8, 4) is 0 Å². The van der Waals surface area contributed by atoms with Crippen molar-refractivity contribution in [2.75, 3.05) is 0 Å². The lowest BCUT2D eigenvalue weighted by molar-refractivity contribution is 0.100. The highest BCUT2D eigenvalue weighted by molar-refractivity contribution is 7.89. The molecule has 0 unspecified atom stereocenters. The number of benzene rings is 2. The Hall–Kier alpha value is -2.64. The second kappa shape index (κ2) is 8.00. The molecule has 3 N–H and O–H groups in total. The van der Waals surface area contributed by atoms with E-state index in [4.69, 9.17) is 5.73 Å². The summed E-state index contributed by atoms with van der Waals surface area (Å²) in [5, 5.41) is 0.893. The minimum Gasteiger partial charge on any atom is -0.366 e. The fourth-order valence-corrected chi connectivity index (χ4v) is 5.63. The van der Waals surface area contributed by atoms with Gasteiger partial charge in [-0.15, -0.1) is 0 Å². The summed E-state index contributed by atoms with van der Waals surface area (Å²) in [6, 6.07) is 10.7. The average Bonchev–Trinajstić information content (AvgIpc) is 3.01. The van der Waals surface area contributed by atoms with Crippen molar-refractivity contribution in [3.63, 3.8) is 0 Å². The van der Waals surface area contributed by atoms with Gasteiger partial charge in [-0.25, -0.2) is 13.1 Å². The highest BCUT2D eigenvalue weighted by atomic mass is 32.2. The number of nitrogens with two attached hydrogens (primary N) is 1. The number of hydrogen-bond donors (Lipinski definition) is 2. The normalized spacial score (nSPS) is 13.0. The standard InChI is InChI=1S/C22H27N3O3S/c1-5-19(24-29(27,28)21-15(3)10-14(2)11-16(21)4)13-25-9-8-17-12-18(22(23)26)6-7-20(17)25/h6-12,19,24H,5,13H2,1-4H3,(H2,23,26)/t19-/m1/s1. The molecular weight excluding hydrogens is 386 g/mol. The van der Waals surface area contributed by atoms with E-state index in [2.05, 4.69) is 4.72 Å². The van der Waals surface area contributed by atoms with Crippen molar-refractivity contribution >= 4 is 26.8 Å². The van der Waals surface area contributed by atoms with Crippen LogP contribution in [0.2, 0.25) is 0 Å². The molecule has 29 heavy (non-hydrogen) atoms. The number of carbonyl (C=O) groups excluding carboxylic acids is 1. The first kappa shape index (κ1) is 21.1. The first-order chi connectivity index (χ1) is 13.6. The maximum atomic E-state index is 13.1. The van der Waals surface area contributed by atoms with E-state index in [0.29, 0.717) is 23.4 Å². The van der Waals surface area contributed by atoms with Gasteiger partial charge in [0, 0.05) is 35.2 Å². The largest absolute Gasteiger partial charge is 0.366 e. The van der Waals surface area contributed by atoms with Crippen LogP contribution in [0.4, 0.5) is 0 Å². The molecule has 0 fully saturated rings. The van der Waals surface area contributed by atoms with Crippen molar-refractivity contribution in [1.29, 1.82) is 0 Å². The maximum Gasteiger partial charge on any atom is 0.248 e. The molecule has 0 bridgehead atoms. The first-order valence-corrected chi connectivity index (χ1v) is 11.1. The Labute approximate surface area is 171 Å². The number of nitrogens with one attached hydrogen (secondary N) is 1. The predicted octanol–water partition coefficient (Wildman–Crippen LogP) is 3.42. The van der Waals surface area contributed by atoms with Gasteiger partial charge in [0.05, 0.1) is 4.90 Å². The monoisotopic (exact) mass is 413 g/mol. The summed E-state index contributed by atoms with van der Waals surface area (Å²) < 4.78 is 31.1. The van der Waals surface area contributed by atoms with Crippen LogP contribution < -0.4 is 10.5 Å². The molecule has 7 heteroatoms. The average molecular weight is 414 g/mol. The Balaban J connectivity index is 1.88. The van der Waals surface area contributed by atoms with Crippen LogP contribution in [0.3, 0.4) is 0 Å². The third-order valence-electron chi connectivity index (χ3n) is 5.16. The molecule has 2 aromatic carbocycles. The van der Waals surface area contributed by atoms with Crippen molar-refractivity contribution in [2.45, 2.75) is 51.6 Å². The number of aromatic nitrogens is 1. The van der Waals surface area contributed by atoms with E-state index >= 15 is 0 Å². The van der Waals surface area contributed by atoms with Gasteiger partial charge in [0.1, 0.15) is 0 Å². The molecule has 0 aliphatic carbocycles. The van der Waals surface area contributed by atoms with Crippen LogP contribution in [-0.2, 0) is 16.6 Å². The molecule has 1 atom stereocenters. The molecule has 1 heterocycles. The molecule has 0 aliphatic rings. The van der Waals surface area contributed by atoms with Crippen LogP contribution in [0.15, 0.2) is 47.5 Å². The molecule has 0 spiro atoms. The third kappa shape index (κ3) is 4.36. The summed E-state index contributed by atoms with van der Waals surface area (Å²) in [5.74, 6) is -0.470. The third-order valence-corrected chi connectivity index (χ3v) is 6.99. The minimum atomic E-state index is -3.65. The number of sulfonamides is 1. The fourth-order valence-electron chi connectivity index (χ4n) is 3.87. The van der Waals surface area contributed by atoms with Crippen molar-refractivity contribution in [3.05, 3.63) is 64.8 Å². The molecule has 6 nitrogen and oxygen atoms in total. The van der Waals surface area contributed by atoms with Crippen LogP contribution in [0.25, 0.3) is 10.9 Å². The van der Waals surface area contributed by atoms with Gasteiger partial charge in [-0.1, -0.05) is 24.6 Å². The first-order valence-electron chi connectivity index (χ1n) is 9.61. The quantitative estimate of drug-likeness (QED) is 0.621. The van der Waals surface area contributed by atoms with Crippen LogP contribution in [0, 0.1) is 20.8 Å². The summed E-state index contributed by atoms with van der Waals surface area (Å²) in [6.07, 6.45) is 2.54. The van der Waals surface area contributed by atoms with Gasteiger partial charge in [0.2, 0.25) is 15.9 Å². The molecule has 1 aromatic heterocycles. The van der Waals surface area contributed by atoms with Gasteiger partial charge in [0.15, 0.2) is 0 Å². The summed E-state index contributed by atoms with van der Waals surface area (Å²) in [7, 11) is -3.65. The maximum absolute atomic E-state index is 13.1. The number of nitrogens with zero attached hydrogens (tertiary/aromatic N) is 1. The Morgan fingerprint density at radius 1 is 1.10 bits per heavy atom. The summed E-state index contributed by atoms with van der Waals surface area (Å²) in [6.45, 7) is 8.05. The Bertz CT molecular complexity index is 1160. The summed E-state index contributed by atoms with van der Waals surface area (Å²) in [5.41, 5.74) is 9.26. The Morgan fingerprint density at radius 2 is 1.76 bits per heavy atom. The van der Waals surface area contributed by atoms with Gasteiger partial charge in [-0.2, -0.15) is 0 Å². The van der Waals surface area contributed by atoms with Gasteiger partial charge in [0.25, 0.3) is 0 Å². The topological polar surface area (TPSA) is 94.2 Å². The van der Waals surface area contributed by atoms with E-state index in [1.54, 1.807) is 12.1 Å². The Kier molecular flexibility index (Phi) is 5.82. The van der Waals surface area contributed by atoms with Crippen molar-refractivity contribution in [2.24, 2.45) is 5.73 Å². The fraction of sp³-hybridized carbons (Fsp3) is 0.318. The molecular formula is C22H27N3O3S. The number of hydrogen-bond acceptors (Lipinski definition) is 3. The highest BCUT2D eigenvalue weighted by Crippen LogP contribution is 2.23. The number of carbonyl (C=O) groups is 1. The van der Waals surface area contributed by atoms with Gasteiger partial charge < -0.3 is 10.3 Å². The number of rotatable bonds is 7. The lowest BCUT2D eigenvalue weighted by Gasteiger charge is -2.20. The second-order valence-electron chi connectivity index (χ2n) is 7.56. The zero-order valence-electron chi connectivity index (χ0n) is 17.2. The zero-order valence-corrected chi connectivity index (χ0v) is 18.0. The number of aryl methyl sites for hydroxylation is 3. The van der Waals surface area contributed by atoms with E-state index < -0.39 is 15.9 Å². The van der Waals surface area contributed by atoms with Gasteiger partial charge in [-0.3, -0.25) is 4.79 Å². The summed E-state index contributed by atoms with van der Waals surface area (Å²) >= 11 is 0. The molecule has 3 rings (SSSR count). The van der Waals surface area contributed by atoms with Gasteiger partial charge >= 0.3 is 0 Å². The molecule has 1 amide bonds. The Morgan fingerprint density at radius 3 is 2.34 bits per heavy atom. The van der Waals surface area contributed by atoms with Gasteiger partial charge in [-0.05, 0) is 62.6 Å². The van der Waals surface area contributed by atoms with E-state index in [0.717, 1.165) is 27.6 Å². The number of primary amides is 1. The van der Waals surface area contributed by atoms with E-state index in [-0.39, 0.29) is 6.04 Å².